The Morgan fingerprint density at radius 3 is 2.71 bits per heavy atom. The Morgan fingerprint density at radius 2 is 2.24 bits per heavy atom. The van der Waals surface area contributed by atoms with Gasteiger partial charge in [0, 0.05) is 25.5 Å². The Balaban J connectivity index is 2.70. The zero-order valence-corrected chi connectivity index (χ0v) is 11.7. The summed E-state index contributed by atoms with van der Waals surface area (Å²) in [5.74, 6) is -0.219. The Kier molecular flexibility index (Phi) is 5.86. The van der Waals surface area contributed by atoms with Gasteiger partial charge in [-0.15, -0.1) is 0 Å². The average molecular weight is 277 g/mol. The summed E-state index contributed by atoms with van der Waals surface area (Å²) in [6.45, 7) is 3.33. The van der Waals surface area contributed by atoms with Gasteiger partial charge in [0.05, 0.1) is 6.54 Å². The van der Waals surface area contributed by atoms with Crippen molar-refractivity contribution < 1.29 is 4.79 Å². The van der Waals surface area contributed by atoms with Crippen molar-refractivity contribution >= 4 is 29.1 Å². The van der Waals surface area contributed by atoms with Gasteiger partial charge in [-0.05, 0) is 18.6 Å². The van der Waals surface area contributed by atoms with E-state index in [0.717, 1.165) is 18.5 Å². The Bertz CT molecular complexity index is 363. The lowest BCUT2D eigenvalue weighted by atomic mass is 10.3. The molecule has 0 aliphatic carbocycles. The van der Waals surface area contributed by atoms with E-state index in [1.165, 1.54) is 0 Å². The normalized spacial score (nSPS) is 10.9. The second-order valence-electron chi connectivity index (χ2n) is 4.02. The van der Waals surface area contributed by atoms with Crippen LogP contribution in [-0.4, -0.2) is 26.8 Å². The van der Waals surface area contributed by atoms with Crippen LogP contribution in [0.4, 0.5) is 0 Å². The number of hydrogen-bond donors (Lipinski definition) is 0. The lowest BCUT2D eigenvalue weighted by molar-refractivity contribution is -0.130. The molecular formula is C12H18Cl2N2O. The average Bonchev–Trinajstić information content (AvgIpc) is 2.69. The second-order valence-corrected chi connectivity index (χ2v) is 5.12. The molecule has 96 valence electrons. The highest BCUT2D eigenvalue weighted by Gasteiger charge is 2.20. The monoisotopic (exact) mass is 276 g/mol. The molecule has 0 N–H and O–H groups in total. The van der Waals surface area contributed by atoms with Crippen LogP contribution in [0.1, 0.15) is 25.5 Å². The lowest BCUT2D eigenvalue weighted by Crippen LogP contribution is -2.35. The molecule has 0 aromatic carbocycles. The summed E-state index contributed by atoms with van der Waals surface area (Å²) < 4.78 is 1.99. The molecule has 0 saturated carbocycles. The van der Waals surface area contributed by atoms with Gasteiger partial charge in [-0.1, -0.05) is 36.5 Å². The highest BCUT2D eigenvalue weighted by molar-refractivity contribution is 6.53. The third-order valence-electron chi connectivity index (χ3n) is 2.68. The van der Waals surface area contributed by atoms with Crippen LogP contribution in [0.3, 0.4) is 0 Å². The maximum atomic E-state index is 11.8. The van der Waals surface area contributed by atoms with Gasteiger partial charge in [-0.3, -0.25) is 4.79 Å². The number of alkyl halides is 2. The van der Waals surface area contributed by atoms with Gasteiger partial charge in [0.2, 0.25) is 0 Å². The molecule has 0 fully saturated rings. The largest absolute Gasteiger partial charge is 0.353 e. The van der Waals surface area contributed by atoms with Crippen LogP contribution in [0, 0.1) is 0 Å². The van der Waals surface area contributed by atoms with Crippen LogP contribution in [0.25, 0.3) is 0 Å². The number of hydrogen-bond acceptors (Lipinski definition) is 1. The standard InChI is InChI=1S/C12H18Cl2N2O/c1-3-4-8-16(12(17)11(13)14)9-10-6-5-7-15(10)2/h5-7,11H,3-4,8-9H2,1-2H3. The van der Waals surface area contributed by atoms with E-state index in [1.54, 1.807) is 4.90 Å². The zero-order valence-electron chi connectivity index (χ0n) is 10.2. The molecule has 0 atom stereocenters. The topological polar surface area (TPSA) is 25.2 Å². The molecule has 1 aromatic rings. The molecule has 0 aliphatic heterocycles. The minimum absolute atomic E-state index is 0.219. The number of unbranched alkanes of at least 4 members (excludes halogenated alkanes) is 1. The minimum atomic E-state index is -0.980. The number of rotatable bonds is 6. The summed E-state index contributed by atoms with van der Waals surface area (Å²) in [4.78, 5) is 12.6. The van der Waals surface area contributed by atoms with Crippen molar-refractivity contribution in [3.8, 4) is 0 Å². The zero-order chi connectivity index (χ0) is 12.8. The van der Waals surface area contributed by atoms with E-state index in [9.17, 15) is 4.79 Å². The molecule has 0 aliphatic rings. The van der Waals surface area contributed by atoms with Gasteiger partial charge in [-0.2, -0.15) is 0 Å². The Labute approximate surface area is 112 Å². The Morgan fingerprint density at radius 1 is 1.53 bits per heavy atom. The van der Waals surface area contributed by atoms with Gasteiger partial charge in [0.15, 0.2) is 4.84 Å². The third kappa shape index (κ3) is 4.25. The third-order valence-corrected chi connectivity index (χ3v) is 3.06. The highest BCUT2D eigenvalue weighted by Crippen LogP contribution is 2.12. The van der Waals surface area contributed by atoms with E-state index >= 15 is 0 Å². The number of amides is 1. The SMILES string of the molecule is CCCCN(Cc1cccn1C)C(=O)C(Cl)Cl. The van der Waals surface area contributed by atoms with Gasteiger partial charge < -0.3 is 9.47 Å². The highest BCUT2D eigenvalue weighted by atomic mass is 35.5. The molecule has 0 radical (unpaired) electrons. The summed E-state index contributed by atoms with van der Waals surface area (Å²) in [7, 11) is 1.96. The van der Waals surface area contributed by atoms with Crippen LogP contribution in [0.2, 0.25) is 0 Å². The summed E-state index contributed by atoms with van der Waals surface area (Å²) in [6, 6.07) is 3.94. The second kappa shape index (κ2) is 6.92. The van der Waals surface area contributed by atoms with Crippen molar-refractivity contribution in [3.63, 3.8) is 0 Å². The molecular weight excluding hydrogens is 259 g/mol. The van der Waals surface area contributed by atoms with E-state index in [-0.39, 0.29) is 5.91 Å². The van der Waals surface area contributed by atoms with Crippen molar-refractivity contribution in [1.29, 1.82) is 0 Å². The first-order valence-electron chi connectivity index (χ1n) is 5.73. The smallest absolute Gasteiger partial charge is 0.256 e. The van der Waals surface area contributed by atoms with Crippen molar-refractivity contribution in [3.05, 3.63) is 24.0 Å². The van der Waals surface area contributed by atoms with E-state index in [2.05, 4.69) is 6.92 Å². The number of carbonyl (C=O) groups is 1. The molecule has 0 saturated heterocycles. The van der Waals surface area contributed by atoms with Crippen LogP contribution < -0.4 is 0 Å². The number of nitrogens with zero attached hydrogens (tertiary/aromatic N) is 2. The fourth-order valence-corrected chi connectivity index (χ4v) is 1.89. The van der Waals surface area contributed by atoms with Crippen LogP contribution in [0.15, 0.2) is 18.3 Å². The van der Waals surface area contributed by atoms with Crippen molar-refractivity contribution in [1.82, 2.24) is 9.47 Å². The number of aryl methyl sites for hydroxylation is 1. The van der Waals surface area contributed by atoms with E-state index < -0.39 is 4.84 Å². The molecule has 0 bridgehead atoms. The van der Waals surface area contributed by atoms with Crippen molar-refractivity contribution in [2.45, 2.75) is 31.1 Å². The van der Waals surface area contributed by atoms with Crippen LogP contribution in [-0.2, 0) is 18.4 Å². The first-order chi connectivity index (χ1) is 8.06. The van der Waals surface area contributed by atoms with Crippen LogP contribution >= 0.6 is 23.2 Å². The minimum Gasteiger partial charge on any atom is -0.353 e. The molecule has 3 nitrogen and oxygen atoms in total. The first-order valence-corrected chi connectivity index (χ1v) is 6.60. The van der Waals surface area contributed by atoms with Crippen molar-refractivity contribution in [2.75, 3.05) is 6.54 Å². The van der Waals surface area contributed by atoms with Gasteiger partial charge in [0.25, 0.3) is 5.91 Å². The molecule has 0 spiro atoms. The number of carbonyl (C=O) groups excluding carboxylic acids is 1. The maximum absolute atomic E-state index is 11.8. The van der Waals surface area contributed by atoms with Gasteiger partial charge >= 0.3 is 0 Å². The molecule has 1 amide bonds. The van der Waals surface area contributed by atoms with E-state index in [4.69, 9.17) is 23.2 Å². The predicted octanol–water partition coefficient (Wildman–Crippen LogP) is 2.96. The first kappa shape index (κ1) is 14.4. The lowest BCUT2D eigenvalue weighted by Gasteiger charge is -2.23. The number of aromatic nitrogens is 1. The van der Waals surface area contributed by atoms with Crippen molar-refractivity contribution in [2.24, 2.45) is 7.05 Å². The molecule has 17 heavy (non-hydrogen) atoms. The molecule has 1 rings (SSSR count). The molecule has 1 aromatic heterocycles. The molecule has 5 heteroatoms. The number of halogens is 2. The summed E-state index contributed by atoms with van der Waals surface area (Å²) in [5, 5.41) is 0. The molecule has 0 unspecified atom stereocenters. The van der Waals surface area contributed by atoms with Gasteiger partial charge in [-0.25, -0.2) is 0 Å². The fourth-order valence-electron chi connectivity index (χ4n) is 1.61. The van der Waals surface area contributed by atoms with E-state index in [0.29, 0.717) is 13.1 Å². The molecule has 1 heterocycles. The summed E-state index contributed by atoms with van der Waals surface area (Å²) in [6.07, 6.45) is 3.94. The fraction of sp³-hybridized carbons (Fsp3) is 0.583. The summed E-state index contributed by atoms with van der Waals surface area (Å²) >= 11 is 11.3. The van der Waals surface area contributed by atoms with E-state index in [1.807, 2.05) is 29.9 Å². The van der Waals surface area contributed by atoms with Crippen LogP contribution in [0.5, 0.6) is 0 Å². The maximum Gasteiger partial charge on any atom is 0.256 e. The summed E-state index contributed by atoms with van der Waals surface area (Å²) in [5.41, 5.74) is 1.07. The predicted molar refractivity (Wildman–Crippen MR) is 71.2 cm³/mol. The van der Waals surface area contributed by atoms with Gasteiger partial charge in [0.1, 0.15) is 0 Å². The Hall–Kier alpha value is -0.670. The quantitative estimate of drug-likeness (QED) is 0.734.